The SMILES string of the molecule is CC(C)(C)NC(=O)C(=O)N/N=C/c1ccc(-c2ccc(Cl)c(Cl)c2)o1. The molecule has 2 rings (SSSR count). The zero-order valence-electron chi connectivity index (χ0n) is 13.9. The molecule has 6 nitrogen and oxygen atoms in total. The number of hydrazone groups is 1. The molecule has 1 aromatic carbocycles. The van der Waals surface area contributed by atoms with E-state index in [0.29, 0.717) is 21.6 Å². The van der Waals surface area contributed by atoms with E-state index in [1.807, 2.05) is 0 Å². The molecule has 25 heavy (non-hydrogen) atoms. The van der Waals surface area contributed by atoms with Crippen LogP contribution in [0.25, 0.3) is 11.3 Å². The van der Waals surface area contributed by atoms with E-state index in [-0.39, 0.29) is 0 Å². The molecule has 0 bridgehead atoms. The highest BCUT2D eigenvalue weighted by molar-refractivity contribution is 6.42. The van der Waals surface area contributed by atoms with E-state index in [4.69, 9.17) is 27.6 Å². The quantitative estimate of drug-likeness (QED) is 0.483. The van der Waals surface area contributed by atoms with Gasteiger partial charge in [-0.2, -0.15) is 5.10 Å². The van der Waals surface area contributed by atoms with Gasteiger partial charge in [0, 0.05) is 11.1 Å². The lowest BCUT2D eigenvalue weighted by atomic mass is 10.1. The van der Waals surface area contributed by atoms with E-state index >= 15 is 0 Å². The molecule has 0 unspecified atom stereocenters. The van der Waals surface area contributed by atoms with E-state index in [1.54, 1.807) is 51.1 Å². The third kappa shape index (κ3) is 5.62. The number of furan rings is 1. The number of carbonyl (C=O) groups excluding carboxylic acids is 2. The summed E-state index contributed by atoms with van der Waals surface area (Å²) in [6.07, 6.45) is 1.29. The standard InChI is InChI=1S/C17H17Cl2N3O3/c1-17(2,3)21-15(23)16(24)22-20-9-11-5-7-14(25-11)10-4-6-12(18)13(19)8-10/h4-9H,1-3H3,(H,21,23)(H,22,24)/b20-9+. The van der Waals surface area contributed by atoms with Crippen molar-refractivity contribution in [3.63, 3.8) is 0 Å². The van der Waals surface area contributed by atoms with Crippen LogP contribution in [-0.2, 0) is 9.59 Å². The number of hydrogen-bond donors (Lipinski definition) is 2. The molecule has 2 aromatic rings. The molecule has 0 saturated heterocycles. The molecule has 0 aliphatic heterocycles. The van der Waals surface area contributed by atoms with Gasteiger partial charge in [0.1, 0.15) is 11.5 Å². The lowest BCUT2D eigenvalue weighted by Crippen LogP contribution is -2.47. The number of benzene rings is 1. The second-order valence-corrected chi connectivity index (χ2v) is 7.05. The molecule has 1 aromatic heterocycles. The fourth-order valence-corrected chi connectivity index (χ4v) is 2.13. The van der Waals surface area contributed by atoms with Gasteiger partial charge in [-0.15, -0.1) is 0 Å². The van der Waals surface area contributed by atoms with Gasteiger partial charge in [0.15, 0.2) is 0 Å². The van der Waals surface area contributed by atoms with Gasteiger partial charge < -0.3 is 9.73 Å². The monoisotopic (exact) mass is 381 g/mol. The van der Waals surface area contributed by atoms with Gasteiger partial charge in [0.05, 0.1) is 16.3 Å². The van der Waals surface area contributed by atoms with Crippen LogP contribution >= 0.6 is 23.2 Å². The van der Waals surface area contributed by atoms with Gasteiger partial charge in [0.2, 0.25) is 0 Å². The van der Waals surface area contributed by atoms with Crippen molar-refractivity contribution in [2.24, 2.45) is 5.10 Å². The van der Waals surface area contributed by atoms with Gasteiger partial charge >= 0.3 is 11.8 Å². The minimum atomic E-state index is -0.859. The summed E-state index contributed by atoms with van der Waals surface area (Å²) in [5.41, 5.74) is 2.39. The Morgan fingerprint density at radius 2 is 1.80 bits per heavy atom. The maximum absolute atomic E-state index is 11.6. The molecule has 132 valence electrons. The van der Waals surface area contributed by atoms with Gasteiger partial charge in [-0.05, 0) is 51.1 Å². The summed E-state index contributed by atoms with van der Waals surface area (Å²) >= 11 is 11.9. The Morgan fingerprint density at radius 1 is 1.08 bits per heavy atom. The minimum Gasteiger partial charge on any atom is -0.455 e. The highest BCUT2D eigenvalue weighted by Gasteiger charge is 2.19. The van der Waals surface area contributed by atoms with Crippen molar-refractivity contribution < 1.29 is 14.0 Å². The Hall–Kier alpha value is -2.31. The third-order valence-corrected chi connectivity index (χ3v) is 3.62. The summed E-state index contributed by atoms with van der Waals surface area (Å²) in [4.78, 5) is 23.2. The van der Waals surface area contributed by atoms with Crippen LogP contribution in [0.3, 0.4) is 0 Å². The molecular formula is C17H17Cl2N3O3. The van der Waals surface area contributed by atoms with E-state index in [9.17, 15) is 9.59 Å². The Labute approximate surface area is 155 Å². The third-order valence-electron chi connectivity index (χ3n) is 2.88. The second kappa shape index (κ2) is 7.72. The fourth-order valence-electron chi connectivity index (χ4n) is 1.83. The van der Waals surface area contributed by atoms with E-state index in [1.165, 1.54) is 6.21 Å². The van der Waals surface area contributed by atoms with Gasteiger partial charge in [-0.3, -0.25) is 9.59 Å². The van der Waals surface area contributed by atoms with Crippen molar-refractivity contribution in [2.45, 2.75) is 26.3 Å². The molecule has 0 aliphatic carbocycles. The summed E-state index contributed by atoms with van der Waals surface area (Å²) < 4.78 is 5.58. The minimum absolute atomic E-state index is 0.401. The number of hydrogen-bond acceptors (Lipinski definition) is 4. The van der Waals surface area contributed by atoms with Crippen LogP contribution in [0.2, 0.25) is 10.0 Å². The Bertz CT molecular complexity index is 823. The Balaban J connectivity index is 1.99. The first-order valence-corrected chi connectivity index (χ1v) is 8.12. The van der Waals surface area contributed by atoms with Gasteiger partial charge in [-0.25, -0.2) is 5.43 Å². The van der Waals surface area contributed by atoms with Crippen LogP contribution in [0.15, 0.2) is 39.9 Å². The van der Waals surface area contributed by atoms with Crippen molar-refractivity contribution in [1.82, 2.24) is 10.7 Å². The normalized spacial score (nSPS) is 11.6. The molecule has 0 spiro atoms. The zero-order chi connectivity index (χ0) is 18.6. The summed E-state index contributed by atoms with van der Waals surface area (Å²) in [5.74, 6) is -0.655. The first kappa shape index (κ1) is 19.0. The van der Waals surface area contributed by atoms with Gasteiger partial charge in [0.25, 0.3) is 0 Å². The molecule has 1 heterocycles. The van der Waals surface area contributed by atoms with Crippen LogP contribution in [0.4, 0.5) is 0 Å². The molecule has 0 radical (unpaired) electrons. The lowest BCUT2D eigenvalue weighted by Gasteiger charge is -2.19. The van der Waals surface area contributed by atoms with Crippen molar-refractivity contribution in [1.29, 1.82) is 0 Å². The maximum Gasteiger partial charge on any atom is 0.329 e. The first-order chi connectivity index (χ1) is 11.7. The largest absolute Gasteiger partial charge is 0.455 e. The van der Waals surface area contributed by atoms with Crippen molar-refractivity contribution >= 4 is 41.2 Å². The van der Waals surface area contributed by atoms with Crippen LogP contribution in [0.5, 0.6) is 0 Å². The summed E-state index contributed by atoms with van der Waals surface area (Å²) in [5, 5.41) is 7.11. The summed E-state index contributed by atoms with van der Waals surface area (Å²) in [6, 6.07) is 8.52. The predicted molar refractivity (Wildman–Crippen MR) is 97.8 cm³/mol. The lowest BCUT2D eigenvalue weighted by molar-refractivity contribution is -0.140. The van der Waals surface area contributed by atoms with Crippen molar-refractivity contribution in [3.05, 3.63) is 46.1 Å². The van der Waals surface area contributed by atoms with Crippen LogP contribution < -0.4 is 10.7 Å². The second-order valence-electron chi connectivity index (χ2n) is 6.23. The molecule has 2 amide bonds. The Morgan fingerprint density at radius 3 is 2.44 bits per heavy atom. The maximum atomic E-state index is 11.6. The molecular weight excluding hydrogens is 365 g/mol. The van der Waals surface area contributed by atoms with Crippen molar-refractivity contribution in [2.75, 3.05) is 0 Å². The highest BCUT2D eigenvalue weighted by atomic mass is 35.5. The molecule has 0 fully saturated rings. The smallest absolute Gasteiger partial charge is 0.329 e. The van der Waals surface area contributed by atoms with E-state index < -0.39 is 17.4 Å². The number of nitrogens with zero attached hydrogens (tertiary/aromatic N) is 1. The van der Waals surface area contributed by atoms with E-state index in [2.05, 4.69) is 15.8 Å². The summed E-state index contributed by atoms with van der Waals surface area (Å²) in [6.45, 7) is 5.32. The molecule has 8 heteroatoms. The van der Waals surface area contributed by atoms with Gasteiger partial charge in [-0.1, -0.05) is 23.2 Å². The average molecular weight is 382 g/mol. The molecule has 0 saturated carbocycles. The first-order valence-electron chi connectivity index (χ1n) is 7.36. The number of amides is 2. The number of halogens is 2. The zero-order valence-corrected chi connectivity index (χ0v) is 15.4. The number of carbonyl (C=O) groups is 2. The highest BCUT2D eigenvalue weighted by Crippen LogP contribution is 2.29. The van der Waals surface area contributed by atoms with E-state index in [0.717, 1.165) is 5.56 Å². The van der Waals surface area contributed by atoms with Crippen LogP contribution in [0, 0.1) is 0 Å². The average Bonchev–Trinajstić information content (AvgIpc) is 2.97. The Kier molecular flexibility index (Phi) is 5.87. The number of rotatable bonds is 3. The topological polar surface area (TPSA) is 83.7 Å². The van der Waals surface area contributed by atoms with Crippen LogP contribution in [-0.4, -0.2) is 23.6 Å². The molecule has 0 aliphatic rings. The fraction of sp³-hybridized carbons (Fsp3) is 0.235. The molecule has 0 atom stereocenters. The van der Waals surface area contributed by atoms with Crippen LogP contribution in [0.1, 0.15) is 26.5 Å². The summed E-state index contributed by atoms with van der Waals surface area (Å²) in [7, 11) is 0. The predicted octanol–water partition coefficient (Wildman–Crippen LogP) is 3.62. The molecule has 2 N–H and O–H groups in total. The number of nitrogens with one attached hydrogen (secondary N) is 2. The van der Waals surface area contributed by atoms with Crippen molar-refractivity contribution in [3.8, 4) is 11.3 Å².